The van der Waals surface area contributed by atoms with Gasteiger partial charge in [0.05, 0.1) is 0 Å². The van der Waals surface area contributed by atoms with E-state index < -0.39 is 0 Å². The van der Waals surface area contributed by atoms with Crippen LogP contribution in [0.1, 0.15) is 32.8 Å². The first-order valence-electron chi connectivity index (χ1n) is 6.46. The van der Waals surface area contributed by atoms with E-state index in [1.165, 1.54) is 0 Å². The van der Waals surface area contributed by atoms with Crippen molar-refractivity contribution >= 4 is 5.91 Å². The standard InChI is InChI=1S/C14H23N3O/c1-4-17(10-12-5-7-16-8-6-12)14(18)9-13(15)11(2)3/h5-8,11,13H,4,9-10,15H2,1-3H3. The maximum Gasteiger partial charge on any atom is 0.224 e. The number of nitrogens with two attached hydrogens (primary N) is 1. The molecule has 2 N–H and O–H groups in total. The molecule has 1 heterocycles. The zero-order valence-corrected chi connectivity index (χ0v) is 11.5. The molecule has 0 fully saturated rings. The molecule has 1 aromatic heterocycles. The van der Waals surface area contributed by atoms with Gasteiger partial charge in [0.15, 0.2) is 0 Å². The van der Waals surface area contributed by atoms with Crippen molar-refractivity contribution in [2.75, 3.05) is 6.54 Å². The van der Waals surface area contributed by atoms with Crippen LogP contribution in [0.2, 0.25) is 0 Å². The number of aromatic nitrogens is 1. The lowest BCUT2D eigenvalue weighted by molar-refractivity contribution is -0.132. The second-order valence-electron chi connectivity index (χ2n) is 4.88. The van der Waals surface area contributed by atoms with E-state index in [2.05, 4.69) is 4.98 Å². The van der Waals surface area contributed by atoms with Crippen molar-refractivity contribution in [3.63, 3.8) is 0 Å². The van der Waals surface area contributed by atoms with E-state index in [-0.39, 0.29) is 11.9 Å². The van der Waals surface area contributed by atoms with Gasteiger partial charge in [0, 0.05) is 37.9 Å². The van der Waals surface area contributed by atoms with Crippen molar-refractivity contribution in [3.05, 3.63) is 30.1 Å². The van der Waals surface area contributed by atoms with Gasteiger partial charge in [-0.3, -0.25) is 9.78 Å². The van der Waals surface area contributed by atoms with Crippen LogP contribution < -0.4 is 5.73 Å². The topological polar surface area (TPSA) is 59.2 Å². The average Bonchev–Trinajstić information content (AvgIpc) is 2.36. The first-order valence-corrected chi connectivity index (χ1v) is 6.46. The van der Waals surface area contributed by atoms with Crippen LogP contribution in [-0.2, 0) is 11.3 Å². The summed E-state index contributed by atoms with van der Waals surface area (Å²) in [7, 11) is 0. The smallest absolute Gasteiger partial charge is 0.224 e. The fraction of sp³-hybridized carbons (Fsp3) is 0.571. The van der Waals surface area contributed by atoms with Crippen LogP contribution >= 0.6 is 0 Å². The van der Waals surface area contributed by atoms with E-state index in [9.17, 15) is 4.79 Å². The van der Waals surface area contributed by atoms with Gasteiger partial charge in [-0.1, -0.05) is 13.8 Å². The zero-order valence-electron chi connectivity index (χ0n) is 11.5. The minimum Gasteiger partial charge on any atom is -0.339 e. The molecule has 0 aliphatic heterocycles. The van der Waals surface area contributed by atoms with Crippen molar-refractivity contribution < 1.29 is 4.79 Å². The van der Waals surface area contributed by atoms with Crippen molar-refractivity contribution in [2.24, 2.45) is 11.7 Å². The molecule has 1 rings (SSSR count). The monoisotopic (exact) mass is 249 g/mol. The first-order chi connectivity index (χ1) is 8.54. The second kappa shape index (κ2) is 7.11. The number of carbonyl (C=O) groups is 1. The van der Waals surface area contributed by atoms with Crippen molar-refractivity contribution in [1.82, 2.24) is 9.88 Å². The molecule has 1 unspecified atom stereocenters. The average molecular weight is 249 g/mol. The minimum absolute atomic E-state index is 0.0657. The molecule has 0 bridgehead atoms. The summed E-state index contributed by atoms with van der Waals surface area (Å²) in [6.07, 6.45) is 3.90. The molecule has 1 aromatic rings. The third kappa shape index (κ3) is 4.45. The highest BCUT2D eigenvalue weighted by Gasteiger charge is 2.17. The normalized spacial score (nSPS) is 12.5. The summed E-state index contributed by atoms with van der Waals surface area (Å²) in [5.41, 5.74) is 7.04. The molecule has 4 heteroatoms. The molecule has 0 aliphatic carbocycles. The van der Waals surface area contributed by atoms with Crippen molar-refractivity contribution in [2.45, 2.75) is 39.8 Å². The highest BCUT2D eigenvalue weighted by molar-refractivity contribution is 5.76. The quantitative estimate of drug-likeness (QED) is 0.836. The van der Waals surface area contributed by atoms with Gasteiger partial charge in [0.1, 0.15) is 0 Å². The van der Waals surface area contributed by atoms with E-state index >= 15 is 0 Å². The van der Waals surface area contributed by atoms with Crippen LogP contribution in [0, 0.1) is 5.92 Å². The number of pyridine rings is 1. The van der Waals surface area contributed by atoms with Gasteiger partial charge < -0.3 is 10.6 Å². The van der Waals surface area contributed by atoms with E-state index in [4.69, 9.17) is 5.73 Å². The summed E-state index contributed by atoms with van der Waals surface area (Å²) in [6.45, 7) is 7.39. The first kappa shape index (κ1) is 14.6. The molecule has 0 saturated heterocycles. The molecule has 4 nitrogen and oxygen atoms in total. The summed E-state index contributed by atoms with van der Waals surface area (Å²) >= 11 is 0. The number of nitrogens with zero attached hydrogens (tertiary/aromatic N) is 2. The highest BCUT2D eigenvalue weighted by Crippen LogP contribution is 2.09. The maximum absolute atomic E-state index is 12.1. The molecule has 1 amide bonds. The van der Waals surface area contributed by atoms with Gasteiger partial charge >= 0.3 is 0 Å². The molecule has 1 atom stereocenters. The zero-order chi connectivity index (χ0) is 13.5. The fourth-order valence-electron chi connectivity index (χ4n) is 1.65. The van der Waals surface area contributed by atoms with Crippen molar-refractivity contribution in [3.8, 4) is 0 Å². The third-order valence-electron chi connectivity index (χ3n) is 3.12. The van der Waals surface area contributed by atoms with Gasteiger partial charge in [-0.2, -0.15) is 0 Å². The lowest BCUT2D eigenvalue weighted by atomic mass is 10.0. The molecule has 100 valence electrons. The molecule has 0 spiro atoms. The Hall–Kier alpha value is -1.42. The van der Waals surface area contributed by atoms with Crippen LogP contribution in [0.4, 0.5) is 0 Å². The van der Waals surface area contributed by atoms with Crippen LogP contribution in [0.15, 0.2) is 24.5 Å². The van der Waals surface area contributed by atoms with E-state index in [1.807, 2.05) is 37.8 Å². The Kier molecular flexibility index (Phi) is 5.78. The lowest BCUT2D eigenvalue weighted by Crippen LogP contribution is -2.37. The summed E-state index contributed by atoms with van der Waals surface area (Å²) in [4.78, 5) is 17.9. The number of carbonyl (C=O) groups excluding carboxylic acids is 1. The molecule has 0 aliphatic rings. The Labute approximate surface area is 109 Å². The molecular weight excluding hydrogens is 226 g/mol. The lowest BCUT2D eigenvalue weighted by Gasteiger charge is -2.24. The SMILES string of the molecule is CCN(Cc1ccncc1)C(=O)CC(N)C(C)C. The van der Waals surface area contributed by atoms with Crippen LogP contribution in [0.25, 0.3) is 0 Å². The Morgan fingerprint density at radius 1 is 1.39 bits per heavy atom. The summed E-state index contributed by atoms with van der Waals surface area (Å²) in [6, 6.07) is 3.79. The number of hydrogen-bond donors (Lipinski definition) is 1. The number of amides is 1. The van der Waals surface area contributed by atoms with Gasteiger partial charge in [0.25, 0.3) is 0 Å². The number of rotatable bonds is 6. The molecule has 0 aromatic carbocycles. The van der Waals surface area contributed by atoms with Crippen LogP contribution in [0.5, 0.6) is 0 Å². The molecule has 18 heavy (non-hydrogen) atoms. The second-order valence-corrected chi connectivity index (χ2v) is 4.88. The molecule has 0 radical (unpaired) electrons. The highest BCUT2D eigenvalue weighted by atomic mass is 16.2. The predicted octanol–water partition coefficient (Wildman–Crippen LogP) is 1.80. The third-order valence-corrected chi connectivity index (χ3v) is 3.12. The summed E-state index contributed by atoms with van der Waals surface area (Å²) in [5.74, 6) is 0.448. The number of hydrogen-bond acceptors (Lipinski definition) is 3. The van der Waals surface area contributed by atoms with Crippen LogP contribution in [-0.4, -0.2) is 28.4 Å². The Bertz CT molecular complexity index is 365. The minimum atomic E-state index is -0.0657. The molecule has 0 saturated carbocycles. The van der Waals surface area contributed by atoms with Crippen molar-refractivity contribution in [1.29, 1.82) is 0 Å². The fourth-order valence-corrected chi connectivity index (χ4v) is 1.65. The van der Waals surface area contributed by atoms with Gasteiger partial charge in [-0.25, -0.2) is 0 Å². The Morgan fingerprint density at radius 2 is 2.00 bits per heavy atom. The van der Waals surface area contributed by atoms with Gasteiger partial charge in [0.2, 0.25) is 5.91 Å². The van der Waals surface area contributed by atoms with Gasteiger partial charge in [-0.15, -0.1) is 0 Å². The van der Waals surface area contributed by atoms with E-state index in [0.717, 1.165) is 5.56 Å². The van der Waals surface area contributed by atoms with E-state index in [1.54, 1.807) is 12.4 Å². The predicted molar refractivity (Wildman–Crippen MR) is 72.8 cm³/mol. The van der Waals surface area contributed by atoms with Crippen LogP contribution in [0.3, 0.4) is 0 Å². The maximum atomic E-state index is 12.1. The summed E-state index contributed by atoms with van der Waals surface area (Å²) in [5, 5.41) is 0. The summed E-state index contributed by atoms with van der Waals surface area (Å²) < 4.78 is 0. The van der Waals surface area contributed by atoms with E-state index in [0.29, 0.717) is 25.4 Å². The Morgan fingerprint density at radius 3 is 2.50 bits per heavy atom. The van der Waals surface area contributed by atoms with Gasteiger partial charge in [-0.05, 0) is 30.5 Å². The largest absolute Gasteiger partial charge is 0.339 e. The molecular formula is C14H23N3O. The Balaban J connectivity index is 2.58.